The fraction of sp³-hybridized carbons (Fsp3) is 0.625. The molecule has 3 aliphatic rings. The van der Waals surface area contributed by atoms with Gasteiger partial charge in [-0.15, -0.1) is 6.42 Å². The molecule has 4 nitrogen and oxygen atoms in total. The van der Waals surface area contributed by atoms with Crippen LogP contribution in [0.2, 0.25) is 0 Å². The molecule has 1 spiro atoms. The number of terminal acetylenes is 1. The van der Waals surface area contributed by atoms with Crippen molar-refractivity contribution < 1.29 is 4.79 Å². The van der Waals surface area contributed by atoms with E-state index >= 15 is 0 Å². The first-order valence-electron chi connectivity index (χ1n) is 10.7. The first-order valence-corrected chi connectivity index (χ1v) is 10.7. The van der Waals surface area contributed by atoms with E-state index in [4.69, 9.17) is 6.42 Å². The van der Waals surface area contributed by atoms with Crippen molar-refractivity contribution in [2.45, 2.75) is 56.0 Å². The third-order valence-electron chi connectivity index (χ3n) is 7.68. The average molecular weight is 380 g/mol. The van der Waals surface area contributed by atoms with Crippen LogP contribution in [-0.4, -0.2) is 60.0 Å². The topological polar surface area (TPSA) is 26.8 Å². The fourth-order valence-electron chi connectivity index (χ4n) is 5.62. The van der Waals surface area contributed by atoms with E-state index in [9.17, 15) is 4.79 Å². The number of hydrogen-bond acceptors (Lipinski definition) is 2. The molecule has 0 N–H and O–H groups in total. The molecule has 3 fully saturated rings. The molecule has 4 heteroatoms. The first kappa shape index (κ1) is 19.3. The molecule has 1 aromatic carbocycles. The van der Waals surface area contributed by atoms with Crippen LogP contribution >= 0.6 is 0 Å². The van der Waals surface area contributed by atoms with Gasteiger partial charge in [0.15, 0.2) is 0 Å². The lowest BCUT2D eigenvalue weighted by atomic mass is 9.68. The number of amides is 2. The molecular formula is C24H33N3O. The van der Waals surface area contributed by atoms with E-state index in [2.05, 4.69) is 60.1 Å². The van der Waals surface area contributed by atoms with Gasteiger partial charge in [-0.2, -0.15) is 0 Å². The Hall–Kier alpha value is -1.99. The van der Waals surface area contributed by atoms with E-state index in [1.807, 2.05) is 4.90 Å². The molecular weight excluding hydrogens is 346 g/mol. The van der Waals surface area contributed by atoms with Gasteiger partial charge >= 0.3 is 6.03 Å². The van der Waals surface area contributed by atoms with Gasteiger partial charge in [0.05, 0.1) is 12.1 Å². The Morgan fingerprint density at radius 3 is 2.36 bits per heavy atom. The van der Waals surface area contributed by atoms with Crippen LogP contribution in [0.25, 0.3) is 0 Å². The summed E-state index contributed by atoms with van der Waals surface area (Å²) in [6, 6.07) is 11.1. The van der Waals surface area contributed by atoms with Gasteiger partial charge in [0.2, 0.25) is 0 Å². The largest absolute Gasteiger partial charge is 0.321 e. The summed E-state index contributed by atoms with van der Waals surface area (Å²) < 4.78 is 0. The highest BCUT2D eigenvalue weighted by Crippen LogP contribution is 2.49. The maximum atomic E-state index is 13.2. The SMILES string of the molecule is C#CCN1C[C@]2(CC[C@@](c3ccccc3)(N(C)C)CC2)N(CC2CCC2)C1=O. The summed E-state index contributed by atoms with van der Waals surface area (Å²) in [7, 11) is 4.39. The van der Waals surface area contributed by atoms with E-state index in [1.165, 1.54) is 24.8 Å². The Balaban J connectivity index is 1.59. The number of urea groups is 1. The molecule has 0 unspecified atom stereocenters. The van der Waals surface area contributed by atoms with Gasteiger partial charge in [-0.25, -0.2) is 4.79 Å². The Morgan fingerprint density at radius 1 is 1.14 bits per heavy atom. The van der Waals surface area contributed by atoms with Crippen molar-refractivity contribution in [3.8, 4) is 12.3 Å². The highest BCUT2D eigenvalue weighted by molar-refractivity contribution is 5.78. The summed E-state index contributed by atoms with van der Waals surface area (Å²) in [6.45, 7) is 2.14. The molecule has 150 valence electrons. The molecule has 1 saturated heterocycles. The van der Waals surface area contributed by atoms with Crippen LogP contribution in [-0.2, 0) is 5.54 Å². The summed E-state index contributed by atoms with van der Waals surface area (Å²) in [6.07, 6.45) is 13.6. The van der Waals surface area contributed by atoms with Gasteiger partial charge in [-0.05, 0) is 64.1 Å². The minimum Gasteiger partial charge on any atom is -0.317 e. The van der Waals surface area contributed by atoms with Crippen molar-refractivity contribution in [2.75, 3.05) is 33.7 Å². The molecule has 0 atom stereocenters. The highest BCUT2D eigenvalue weighted by Gasteiger charge is 2.54. The van der Waals surface area contributed by atoms with Gasteiger partial charge in [0.25, 0.3) is 0 Å². The fourth-order valence-corrected chi connectivity index (χ4v) is 5.62. The summed E-state index contributed by atoms with van der Waals surface area (Å²) in [5.41, 5.74) is 1.40. The van der Waals surface area contributed by atoms with Crippen molar-refractivity contribution in [1.82, 2.24) is 14.7 Å². The molecule has 28 heavy (non-hydrogen) atoms. The van der Waals surface area contributed by atoms with Gasteiger partial charge in [-0.1, -0.05) is 42.7 Å². The summed E-state index contributed by atoms with van der Waals surface area (Å²) in [4.78, 5) is 19.7. The van der Waals surface area contributed by atoms with E-state index in [-0.39, 0.29) is 17.1 Å². The van der Waals surface area contributed by atoms with E-state index < -0.39 is 0 Å². The summed E-state index contributed by atoms with van der Waals surface area (Å²) >= 11 is 0. The Kier molecular flexibility index (Phi) is 5.14. The maximum Gasteiger partial charge on any atom is 0.321 e. The molecule has 1 aromatic rings. The highest BCUT2D eigenvalue weighted by atomic mass is 16.2. The first-order chi connectivity index (χ1) is 13.5. The lowest BCUT2D eigenvalue weighted by molar-refractivity contribution is 0.0161. The van der Waals surface area contributed by atoms with E-state index in [1.54, 1.807) is 0 Å². The molecule has 2 saturated carbocycles. The second-order valence-corrected chi connectivity index (χ2v) is 9.27. The number of carbonyl (C=O) groups excluding carboxylic acids is 1. The zero-order valence-electron chi connectivity index (χ0n) is 17.4. The quantitative estimate of drug-likeness (QED) is 0.725. The molecule has 0 bridgehead atoms. The molecule has 2 amide bonds. The van der Waals surface area contributed by atoms with Crippen LogP contribution in [0.15, 0.2) is 30.3 Å². The van der Waals surface area contributed by atoms with E-state index in [0.29, 0.717) is 12.5 Å². The predicted molar refractivity (Wildman–Crippen MR) is 113 cm³/mol. The third-order valence-corrected chi connectivity index (χ3v) is 7.68. The Bertz CT molecular complexity index is 739. The normalized spacial score (nSPS) is 30.7. The standard InChI is InChI=1S/C24H33N3O/c1-4-17-26-19-23(27(22(26)28)18-20-9-8-10-20)13-15-24(16-14-23,25(2)3)21-11-6-5-7-12-21/h1,5-7,11-12,20H,8-10,13-19H2,2-3H3/t23-,24-. The van der Waals surface area contributed by atoms with E-state index in [0.717, 1.165) is 38.8 Å². The maximum absolute atomic E-state index is 13.2. The van der Waals surface area contributed by atoms with Crippen LogP contribution in [0.4, 0.5) is 4.79 Å². The number of hydrogen-bond donors (Lipinski definition) is 0. The predicted octanol–water partition coefficient (Wildman–Crippen LogP) is 3.93. The molecule has 2 aliphatic carbocycles. The summed E-state index contributed by atoms with van der Waals surface area (Å²) in [5.74, 6) is 3.38. The van der Waals surface area contributed by atoms with Gasteiger partial charge in [-0.3, -0.25) is 4.90 Å². The van der Waals surface area contributed by atoms with Gasteiger partial charge in [0, 0.05) is 18.6 Å². The minimum absolute atomic E-state index is 0.0438. The lowest BCUT2D eigenvalue weighted by Crippen LogP contribution is -2.56. The second kappa shape index (κ2) is 7.44. The number of carbonyl (C=O) groups is 1. The minimum atomic E-state index is -0.0438. The average Bonchev–Trinajstić information content (AvgIpc) is 2.91. The lowest BCUT2D eigenvalue weighted by Gasteiger charge is -2.51. The van der Waals surface area contributed by atoms with Crippen molar-refractivity contribution in [3.05, 3.63) is 35.9 Å². The van der Waals surface area contributed by atoms with Crippen LogP contribution in [0, 0.1) is 18.3 Å². The monoisotopic (exact) mass is 379 g/mol. The number of benzene rings is 1. The van der Waals surface area contributed by atoms with Crippen molar-refractivity contribution in [2.24, 2.45) is 5.92 Å². The van der Waals surface area contributed by atoms with Crippen LogP contribution < -0.4 is 0 Å². The summed E-state index contributed by atoms with van der Waals surface area (Å²) in [5, 5.41) is 0. The van der Waals surface area contributed by atoms with Gasteiger partial charge < -0.3 is 9.80 Å². The molecule has 4 rings (SSSR count). The second-order valence-electron chi connectivity index (χ2n) is 9.27. The third kappa shape index (κ3) is 3.10. The van der Waals surface area contributed by atoms with Crippen LogP contribution in [0.5, 0.6) is 0 Å². The van der Waals surface area contributed by atoms with Crippen molar-refractivity contribution in [3.63, 3.8) is 0 Å². The smallest absolute Gasteiger partial charge is 0.317 e. The number of nitrogens with zero attached hydrogens (tertiary/aromatic N) is 3. The molecule has 1 heterocycles. The number of rotatable bonds is 5. The van der Waals surface area contributed by atoms with Crippen LogP contribution in [0.1, 0.15) is 50.5 Å². The Morgan fingerprint density at radius 2 is 1.82 bits per heavy atom. The zero-order chi connectivity index (χ0) is 19.8. The zero-order valence-corrected chi connectivity index (χ0v) is 17.4. The molecule has 1 aliphatic heterocycles. The van der Waals surface area contributed by atoms with Crippen molar-refractivity contribution in [1.29, 1.82) is 0 Å². The van der Waals surface area contributed by atoms with Crippen molar-refractivity contribution >= 4 is 6.03 Å². The van der Waals surface area contributed by atoms with Gasteiger partial charge in [0.1, 0.15) is 0 Å². The Labute approximate surface area is 169 Å². The molecule has 0 radical (unpaired) electrons. The van der Waals surface area contributed by atoms with Crippen LogP contribution in [0.3, 0.4) is 0 Å². The molecule has 0 aromatic heterocycles.